The Balaban J connectivity index is 1.43. The van der Waals surface area contributed by atoms with Crippen LogP contribution in [-0.2, 0) is 4.74 Å². The molecule has 136 valence electrons. The topological polar surface area (TPSA) is 54.5 Å². The number of morpholine rings is 1. The Morgan fingerprint density at radius 3 is 2.92 bits per heavy atom. The van der Waals surface area contributed by atoms with Crippen molar-refractivity contribution in [2.45, 2.75) is 6.42 Å². The first-order valence-corrected chi connectivity index (χ1v) is 9.98. The number of benzene rings is 1. The number of carbonyl (C=O) groups excluding carboxylic acids is 1. The number of hydrogen-bond donors (Lipinski definition) is 1. The number of nitrogens with one attached hydrogen (secondary N) is 1. The molecule has 1 fully saturated rings. The lowest BCUT2D eigenvalue weighted by Gasteiger charge is -2.26. The van der Waals surface area contributed by atoms with Gasteiger partial charge in [-0.3, -0.25) is 9.69 Å². The smallest absolute Gasteiger partial charge is 0.261 e. The van der Waals surface area contributed by atoms with E-state index in [4.69, 9.17) is 16.3 Å². The van der Waals surface area contributed by atoms with Gasteiger partial charge in [0.1, 0.15) is 5.15 Å². The minimum absolute atomic E-state index is 0.0478. The van der Waals surface area contributed by atoms with Crippen LogP contribution in [0.4, 0.5) is 0 Å². The van der Waals surface area contributed by atoms with E-state index in [2.05, 4.69) is 15.2 Å². The molecule has 0 radical (unpaired) electrons. The van der Waals surface area contributed by atoms with Crippen LogP contribution in [0.5, 0.6) is 0 Å². The van der Waals surface area contributed by atoms with Gasteiger partial charge in [-0.25, -0.2) is 4.98 Å². The molecule has 5 nitrogen and oxygen atoms in total. The Labute approximate surface area is 160 Å². The number of ether oxygens (including phenoxy) is 1. The van der Waals surface area contributed by atoms with E-state index in [1.165, 1.54) is 11.3 Å². The zero-order valence-electron chi connectivity index (χ0n) is 14.3. The summed E-state index contributed by atoms with van der Waals surface area (Å²) in [4.78, 5) is 20.0. The maximum atomic E-state index is 12.5. The van der Waals surface area contributed by atoms with Gasteiger partial charge in [-0.15, -0.1) is 11.3 Å². The second kappa shape index (κ2) is 7.88. The van der Waals surface area contributed by atoms with Gasteiger partial charge in [0, 0.05) is 35.1 Å². The highest BCUT2D eigenvalue weighted by Crippen LogP contribution is 2.35. The first kappa shape index (κ1) is 17.7. The van der Waals surface area contributed by atoms with Gasteiger partial charge in [-0.05, 0) is 25.1 Å². The fourth-order valence-electron chi connectivity index (χ4n) is 3.20. The summed E-state index contributed by atoms with van der Waals surface area (Å²) in [5.41, 5.74) is 0.851. The molecule has 0 aliphatic carbocycles. The van der Waals surface area contributed by atoms with Crippen molar-refractivity contribution in [2.75, 3.05) is 39.4 Å². The summed E-state index contributed by atoms with van der Waals surface area (Å²) < 4.78 is 6.36. The molecule has 2 aromatic heterocycles. The lowest BCUT2D eigenvalue weighted by atomic mass is 10.2. The average Bonchev–Trinajstić information content (AvgIpc) is 3.13. The molecule has 0 bridgehead atoms. The highest BCUT2D eigenvalue weighted by atomic mass is 35.5. The highest BCUT2D eigenvalue weighted by Gasteiger charge is 2.15. The van der Waals surface area contributed by atoms with E-state index >= 15 is 0 Å². The third-order valence-corrected chi connectivity index (χ3v) is 6.04. The zero-order valence-corrected chi connectivity index (χ0v) is 15.9. The van der Waals surface area contributed by atoms with Crippen molar-refractivity contribution in [3.05, 3.63) is 40.4 Å². The van der Waals surface area contributed by atoms with Crippen LogP contribution < -0.4 is 5.32 Å². The number of nitrogens with zero attached hydrogens (tertiary/aromatic N) is 2. The average molecular weight is 390 g/mol. The Kier molecular flexibility index (Phi) is 5.36. The SMILES string of the molecule is O=C(NCCCN1CCOCC1)c1cc2c(Cl)nc3ccccc3c2s1. The summed E-state index contributed by atoms with van der Waals surface area (Å²) in [5.74, 6) is -0.0478. The van der Waals surface area contributed by atoms with Crippen LogP contribution in [0.1, 0.15) is 16.1 Å². The molecule has 1 aliphatic heterocycles. The number of amides is 1. The van der Waals surface area contributed by atoms with E-state index in [1.54, 1.807) is 0 Å². The van der Waals surface area contributed by atoms with E-state index in [0.29, 0.717) is 16.6 Å². The fraction of sp³-hybridized carbons (Fsp3) is 0.368. The van der Waals surface area contributed by atoms with E-state index in [1.807, 2.05) is 30.3 Å². The van der Waals surface area contributed by atoms with Crippen molar-refractivity contribution in [1.82, 2.24) is 15.2 Å². The van der Waals surface area contributed by atoms with Crippen LogP contribution in [0.15, 0.2) is 30.3 Å². The second-order valence-corrected chi connectivity index (χ2v) is 7.75. The first-order valence-electron chi connectivity index (χ1n) is 8.78. The third kappa shape index (κ3) is 3.69. The van der Waals surface area contributed by atoms with Crippen LogP contribution in [0.3, 0.4) is 0 Å². The maximum Gasteiger partial charge on any atom is 0.261 e. The van der Waals surface area contributed by atoms with Gasteiger partial charge in [0.05, 0.1) is 23.6 Å². The van der Waals surface area contributed by atoms with Gasteiger partial charge in [0.15, 0.2) is 0 Å². The number of hydrogen-bond acceptors (Lipinski definition) is 5. The summed E-state index contributed by atoms with van der Waals surface area (Å²) in [5, 5.41) is 5.34. The molecule has 0 atom stereocenters. The summed E-state index contributed by atoms with van der Waals surface area (Å²) in [7, 11) is 0. The van der Waals surface area contributed by atoms with E-state index in [9.17, 15) is 4.79 Å². The lowest BCUT2D eigenvalue weighted by molar-refractivity contribution is 0.0374. The van der Waals surface area contributed by atoms with Gasteiger partial charge in [-0.1, -0.05) is 29.8 Å². The van der Waals surface area contributed by atoms with Crippen molar-refractivity contribution in [3.63, 3.8) is 0 Å². The predicted molar refractivity (Wildman–Crippen MR) is 106 cm³/mol. The molecule has 1 saturated heterocycles. The van der Waals surface area contributed by atoms with Crippen molar-refractivity contribution in [1.29, 1.82) is 0 Å². The second-order valence-electron chi connectivity index (χ2n) is 6.34. The van der Waals surface area contributed by atoms with Crippen LogP contribution in [-0.4, -0.2) is 55.2 Å². The molecule has 4 rings (SSSR count). The van der Waals surface area contributed by atoms with Gasteiger partial charge < -0.3 is 10.1 Å². The Hall–Kier alpha value is -1.73. The number of thiophene rings is 1. The molecule has 7 heteroatoms. The lowest BCUT2D eigenvalue weighted by Crippen LogP contribution is -2.38. The largest absolute Gasteiger partial charge is 0.379 e. The number of rotatable bonds is 5. The quantitative estimate of drug-likeness (QED) is 0.535. The van der Waals surface area contributed by atoms with Crippen LogP contribution in [0, 0.1) is 0 Å². The van der Waals surface area contributed by atoms with Crippen LogP contribution in [0.25, 0.3) is 21.0 Å². The Bertz CT molecular complexity index is 937. The van der Waals surface area contributed by atoms with E-state index < -0.39 is 0 Å². The minimum Gasteiger partial charge on any atom is -0.379 e. The molecule has 26 heavy (non-hydrogen) atoms. The summed E-state index contributed by atoms with van der Waals surface area (Å²) >= 11 is 7.79. The maximum absolute atomic E-state index is 12.5. The zero-order chi connectivity index (χ0) is 17.9. The fourth-order valence-corrected chi connectivity index (χ4v) is 4.61. The van der Waals surface area contributed by atoms with Crippen LogP contribution >= 0.6 is 22.9 Å². The number of para-hydroxylation sites is 1. The highest BCUT2D eigenvalue weighted by molar-refractivity contribution is 7.21. The molecular formula is C19H20ClN3O2S. The summed E-state index contributed by atoms with van der Waals surface area (Å²) in [6.07, 6.45) is 0.932. The van der Waals surface area contributed by atoms with E-state index in [0.717, 1.165) is 60.3 Å². The number of aromatic nitrogens is 1. The molecule has 3 heterocycles. The molecule has 1 amide bonds. The standard InChI is InChI=1S/C19H20ClN3O2S/c20-18-14-12-16(26-17(14)13-4-1-2-5-15(13)22-18)19(24)21-6-3-7-23-8-10-25-11-9-23/h1-2,4-5,12H,3,6-11H2,(H,21,24). The normalized spacial score (nSPS) is 15.6. The predicted octanol–water partition coefficient (Wildman–Crippen LogP) is 3.56. The van der Waals surface area contributed by atoms with Gasteiger partial charge in [0.2, 0.25) is 0 Å². The van der Waals surface area contributed by atoms with Gasteiger partial charge in [0.25, 0.3) is 5.91 Å². The monoisotopic (exact) mass is 389 g/mol. The molecule has 1 N–H and O–H groups in total. The molecule has 0 saturated carbocycles. The van der Waals surface area contributed by atoms with Crippen molar-refractivity contribution in [3.8, 4) is 0 Å². The molecule has 0 spiro atoms. The van der Waals surface area contributed by atoms with Crippen LogP contribution in [0.2, 0.25) is 5.15 Å². The summed E-state index contributed by atoms with van der Waals surface area (Å²) in [6.45, 7) is 5.20. The molecular weight excluding hydrogens is 370 g/mol. The van der Waals surface area contributed by atoms with Gasteiger partial charge in [-0.2, -0.15) is 0 Å². The van der Waals surface area contributed by atoms with Crippen molar-refractivity contribution < 1.29 is 9.53 Å². The Morgan fingerprint density at radius 2 is 2.08 bits per heavy atom. The number of pyridine rings is 1. The number of carbonyl (C=O) groups is 1. The number of halogens is 1. The molecule has 3 aromatic rings. The first-order chi connectivity index (χ1) is 12.7. The molecule has 1 aromatic carbocycles. The molecule has 1 aliphatic rings. The van der Waals surface area contributed by atoms with Crippen molar-refractivity contribution in [2.24, 2.45) is 0 Å². The molecule has 0 unspecified atom stereocenters. The van der Waals surface area contributed by atoms with E-state index in [-0.39, 0.29) is 5.91 Å². The third-order valence-electron chi connectivity index (χ3n) is 4.59. The minimum atomic E-state index is -0.0478. The summed E-state index contributed by atoms with van der Waals surface area (Å²) in [6, 6.07) is 9.71. The van der Waals surface area contributed by atoms with Gasteiger partial charge >= 0.3 is 0 Å². The Morgan fingerprint density at radius 1 is 1.27 bits per heavy atom. The number of fused-ring (bicyclic) bond motifs is 3. The van der Waals surface area contributed by atoms with Crippen molar-refractivity contribution >= 4 is 49.8 Å².